The summed E-state index contributed by atoms with van der Waals surface area (Å²) in [7, 11) is 2.15. The van der Waals surface area contributed by atoms with E-state index in [1.807, 2.05) is 30.5 Å². The summed E-state index contributed by atoms with van der Waals surface area (Å²) in [6.45, 7) is 3.94. The third kappa shape index (κ3) is 4.66. The minimum atomic E-state index is 0.0774. The van der Waals surface area contributed by atoms with Crippen LogP contribution in [-0.2, 0) is 4.79 Å². The number of piperazine rings is 1. The summed E-state index contributed by atoms with van der Waals surface area (Å²) in [6.07, 6.45) is 10.6. The van der Waals surface area contributed by atoms with Crippen LogP contribution >= 0.6 is 0 Å². The Kier molecular flexibility index (Phi) is 6.35. The molecule has 0 bridgehead atoms. The van der Waals surface area contributed by atoms with Crippen LogP contribution < -0.4 is 10.2 Å². The van der Waals surface area contributed by atoms with Crippen molar-refractivity contribution in [3.05, 3.63) is 42.9 Å². The molecule has 5 aromatic heterocycles. The Balaban J connectivity index is 1.19. The number of likely N-dealkylation sites (N-methyl/N-ethyl adjacent to an activating group) is 1. The van der Waals surface area contributed by atoms with Gasteiger partial charge in [0.2, 0.25) is 5.91 Å². The van der Waals surface area contributed by atoms with Crippen molar-refractivity contribution < 1.29 is 4.79 Å². The van der Waals surface area contributed by atoms with Gasteiger partial charge in [0.05, 0.1) is 28.8 Å². The van der Waals surface area contributed by atoms with Crippen LogP contribution in [0.5, 0.6) is 0 Å². The fourth-order valence-corrected chi connectivity index (χ4v) is 5.80. The number of carbonyl (C=O) groups excluding carboxylic acids is 1. The molecule has 40 heavy (non-hydrogen) atoms. The van der Waals surface area contributed by atoms with E-state index in [-0.39, 0.29) is 11.8 Å². The molecule has 11 heteroatoms. The maximum atomic E-state index is 12.8. The van der Waals surface area contributed by atoms with Crippen LogP contribution in [0.4, 0.5) is 11.4 Å². The first-order chi connectivity index (χ1) is 19.6. The van der Waals surface area contributed by atoms with Crippen molar-refractivity contribution in [3.8, 4) is 22.8 Å². The highest BCUT2D eigenvalue weighted by Crippen LogP contribution is 2.31. The van der Waals surface area contributed by atoms with Gasteiger partial charge in [-0.3, -0.25) is 14.9 Å². The van der Waals surface area contributed by atoms with E-state index in [1.54, 1.807) is 12.4 Å². The zero-order chi connectivity index (χ0) is 27.1. The van der Waals surface area contributed by atoms with Gasteiger partial charge in [0.1, 0.15) is 11.0 Å². The van der Waals surface area contributed by atoms with Gasteiger partial charge in [-0.05, 0) is 44.2 Å². The van der Waals surface area contributed by atoms with E-state index in [9.17, 15) is 4.79 Å². The number of amides is 1. The van der Waals surface area contributed by atoms with Gasteiger partial charge in [-0.1, -0.05) is 19.3 Å². The predicted molar refractivity (Wildman–Crippen MR) is 155 cm³/mol. The summed E-state index contributed by atoms with van der Waals surface area (Å²) >= 11 is 0. The molecular weight excluding hydrogens is 504 g/mol. The predicted octanol–water partition coefficient (Wildman–Crippen LogP) is 4.23. The number of nitrogens with zero attached hydrogens (tertiary/aromatic N) is 7. The van der Waals surface area contributed by atoms with Crippen molar-refractivity contribution in [2.45, 2.75) is 32.1 Å². The number of aromatic nitrogens is 7. The molecule has 2 aliphatic rings. The topological polar surface area (TPSA) is 132 Å². The van der Waals surface area contributed by atoms with E-state index < -0.39 is 0 Å². The Hall–Kier alpha value is -4.38. The number of nitrogens with one attached hydrogen (secondary N) is 3. The van der Waals surface area contributed by atoms with Crippen LogP contribution in [0.15, 0.2) is 42.9 Å². The van der Waals surface area contributed by atoms with Crippen LogP contribution in [-0.4, -0.2) is 79.2 Å². The van der Waals surface area contributed by atoms with E-state index in [0.29, 0.717) is 28.4 Å². The normalized spacial score (nSPS) is 17.1. The maximum Gasteiger partial charge on any atom is 0.227 e. The first-order valence-corrected chi connectivity index (χ1v) is 14.0. The number of aromatic amines is 2. The maximum absolute atomic E-state index is 12.8. The van der Waals surface area contributed by atoms with Gasteiger partial charge < -0.3 is 20.1 Å². The SMILES string of the molecule is CN1CCN(c2ccnc3nc(-c4n[nH]c5ccc(-c6cncc(NC(=O)C7CCCCC7)c6)nc45)[nH]c23)CC1. The van der Waals surface area contributed by atoms with Gasteiger partial charge in [0, 0.05) is 50.1 Å². The first-order valence-electron chi connectivity index (χ1n) is 14.0. The molecule has 204 valence electrons. The molecule has 6 heterocycles. The van der Waals surface area contributed by atoms with Gasteiger partial charge in [-0.15, -0.1) is 0 Å². The summed E-state index contributed by atoms with van der Waals surface area (Å²) in [5, 5.41) is 10.7. The van der Waals surface area contributed by atoms with Crippen LogP contribution in [0.3, 0.4) is 0 Å². The highest BCUT2D eigenvalue weighted by molar-refractivity contribution is 5.95. The van der Waals surface area contributed by atoms with Gasteiger partial charge in [-0.25, -0.2) is 15.0 Å². The third-order valence-corrected chi connectivity index (χ3v) is 8.12. The lowest BCUT2D eigenvalue weighted by Crippen LogP contribution is -2.44. The van der Waals surface area contributed by atoms with Crippen LogP contribution in [0.1, 0.15) is 32.1 Å². The van der Waals surface area contributed by atoms with E-state index in [1.165, 1.54) is 6.42 Å². The number of hydrogen-bond donors (Lipinski definition) is 3. The standard InChI is InChI=1S/C29H32N10O/c1-38-11-13-39(14-12-38)23-9-10-31-27-25(23)34-28(35-27)26-24-22(36-37-26)8-7-21(33-24)19-15-20(17-30-16-19)32-29(40)18-5-3-2-4-6-18/h7-10,15-18H,2-6,11-14H2,1H3,(H,32,40)(H,36,37)(H,31,34,35). The number of hydrogen-bond acceptors (Lipinski definition) is 8. The van der Waals surface area contributed by atoms with Crippen LogP contribution in [0.25, 0.3) is 45.0 Å². The van der Waals surface area contributed by atoms with Gasteiger partial charge in [0.15, 0.2) is 17.2 Å². The quantitative estimate of drug-likeness (QED) is 0.304. The Labute approximate surface area is 231 Å². The van der Waals surface area contributed by atoms with E-state index in [4.69, 9.17) is 9.97 Å². The van der Waals surface area contributed by atoms with Gasteiger partial charge >= 0.3 is 0 Å². The second kappa shape index (κ2) is 10.3. The van der Waals surface area contributed by atoms with E-state index >= 15 is 0 Å². The minimum Gasteiger partial charge on any atom is -0.367 e. The molecule has 0 unspecified atom stereocenters. The lowest BCUT2D eigenvalue weighted by atomic mass is 9.88. The average molecular weight is 537 g/mol. The van der Waals surface area contributed by atoms with Crippen molar-refractivity contribution in [3.63, 3.8) is 0 Å². The molecule has 0 atom stereocenters. The molecule has 0 aromatic carbocycles. The van der Waals surface area contributed by atoms with Crippen molar-refractivity contribution in [1.82, 2.24) is 40.0 Å². The highest BCUT2D eigenvalue weighted by Gasteiger charge is 2.22. The number of rotatable bonds is 5. The molecule has 1 saturated heterocycles. The molecule has 5 aromatic rings. The third-order valence-electron chi connectivity index (χ3n) is 8.12. The van der Waals surface area contributed by atoms with Crippen molar-refractivity contribution in [1.29, 1.82) is 0 Å². The van der Waals surface area contributed by atoms with E-state index in [0.717, 1.165) is 79.8 Å². The lowest BCUT2D eigenvalue weighted by molar-refractivity contribution is -0.120. The summed E-state index contributed by atoms with van der Waals surface area (Å²) in [6, 6.07) is 7.86. The van der Waals surface area contributed by atoms with Crippen LogP contribution in [0, 0.1) is 5.92 Å². The molecule has 0 radical (unpaired) electrons. The lowest BCUT2D eigenvalue weighted by Gasteiger charge is -2.34. The Morgan fingerprint density at radius 2 is 1.88 bits per heavy atom. The smallest absolute Gasteiger partial charge is 0.227 e. The number of pyridine rings is 3. The highest BCUT2D eigenvalue weighted by atomic mass is 16.1. The summed E-state index contributed by atoms with van der Waals surface area (Å²) < 4.78 is 0. The van der Waals surface area contributed by atoms with Crippen molar-refractivity contribution >= 4 is 39.5 Å². The number of anilines is 2. The Bertz CT molecular complexity index is 1680. The molecular formula is C29H32N10O. The summed E-state index contributed by atoms with van der Waals surface area (Å²) in [5.74, 6) is 0.774. The minimum absolute atomic E-state index is 0.0774. The zero-order valence-electron chi connectivity index (χ0n) is 22.5. The molecule has 1 amide bonds. The van der Waals surface area contributed by atoms with Crippen molar-refractivity contribution in [2.24, 2.45) is 5.92 Å². The Morgan fingerprint density at radius 1 is 1.02 bits per heavy atom. The van der Waals surface area contributed by atoms with E-state index in [2.05, 4.69) is 47.3 Å². The zero-order valence-corrected chi connectivity index (χ0v) is 22.5. The number of carbonyl (C=O) groups is 1. The number of imidazole rings is 1. The second-order valence-corrected chi connectivity index (χ2v) is 10.9. The molecule has 1 saturated carbocycles. The largest absolute Gasteiger partial charge is 0.367 e. The van der Waals surface area contributed by atoms with Gasteiger partial charge in [-0.2, -0.15) is 5.10 Å². The summed E-state index contributed by atoms with van der Waals surface area (Å²) in [5.41, 5.74) is 7.04. The molecule has 0 spiro atoms. The molecule has 2 fully saturated rings. The van der Waals surface area contributed by atoms with Gasteiger partial charge in [0.25, 0.3) is 0 Å². The molecule has 1 aliphatic carbocycles. The second-order valence-electron chi connectivity index (χ2n) is 10.9. The number of fused-ring (bicyclic) bond motifs is 2. The van der Waals surface area contributed by atoms with Crippen molar-refractivity contribution in [2.75, 3.05) is 43.4 Å². The number of H-pyrrole nitrogens is 2. The molecule has 7 rings (SSSR count). The fraction of sp³-hybridized carbons (Fsp3) is 0.379. The molecule has 11 nitrogen and oxygen atoms in total. The average Bonchev–Trinajstić information content (AvgIpc) is 3.62. The fourth-order valence-electron chi connectivity index (χ4n) is 5.80. The first kappa shape index (κ1) is 24.6. The monoisotopic (exact) mass is 536 g/mol. The van der Waals surface area contributed by atoms with Crippen LogP contribution in [0.2, 0.25) is 0 Å². The Morgan fingerprint density at radius 3 is 2.73 bits per heavy atom. The molecule has 3 N–H and O–H groups in total. The summed E-state index contributed by atoms with van der Waals surface area (Å²) in [4.78, 5) is 39.6. The molecule has 1 aliphatic heterocycles.